The number of halogens is 1. The van der Waals surface area contributed by atoms with Gasteiger partial charge in [-0.3, -0.25) is 4.79 Å². The first-order valence-electron chi connectivity index (χ1n) is 9.71. The predicted molar refractivity (Wildman–Crippen MR) is 116 cm³/mol. The van der Waals surface area contributed by atoms with Crippen LogP contribution in [0.5, 0.6) is 5.75 Å². The highest BCUT2D eigenvalue weighted by Crippen LogP contribution is 2.46. The Balaban J connectivity index is 1.66. The molecule has 5 nitrogen and oxygen atoms in total. The summed E-state index contributed by atoms with van der Waals surface area (Å²) in [6, 6.07) is 9.69. The zero-order valence-corrected chi connectivity index (χ0v) is 18.3. The summed E-state index contributed by atoms with van der Waals surface area (Å²) >= 11 is 7.58. The molecule has 1 aromatic carbocycles. The van der Waals surface area contributed by atoms with Crippen LogP contribution < -0.4 is 10.5 Å². The van der Waals surface area contributed by atoms with Crippen molar-refractivity contribution in [3.8, 4) is 11.8 Å². The lowest BCUT2D eigenvalue weighted by molar-refractivity contribution is -0.116. The first-order chi connectivity index (χ1) is 14.4. The first kappa shape index (κ1) is 20.5. The number of thiophene rings is 1. The van der Waals surface area contributed by atoms with Crippen LogP contribution in [-0.4, -0.2) is 5.78 Å². The molecule has 2 heterocycles. The summed E-state index contributed by atoms with van der Waals surface area (Å²) in [6.07, 6.45) is 1.86. The number of Topliss-reactive ketones (excluding diaryl/α,β-unsaturated/α-hetero) is 1. The third-order valence-electron chi connectivity index (χ3n) is 5.45. The van der Waals surface area contributed by atoms with Crippen molar-refractivity contribution in [2.24, 2.45) is 5.73 Å². The Morgan fingerprint density at radius 1 is 1.33 bits per heavy atom. The zero-order valence-electron chi connectivity index (χ0n) is 16.8. The molecule has 0 fully saturated rings. The lowest BCUT2D eigenvalue weighted by Crippen LogP contribution is -2.27. The maximum Gasteiger partial charge on any atom is 0.205 e. The van der Waals surface area contributed by atoms with Gasteiger partial charge < -0.3 is 15.2 Å². The van der Waals surface area contributed by atoms with Crippen molar-refractivity contribution in [2.45, 2.75) is 45.6 Å². The average molecular weight is 441 g/mol. The van der Waals surface area contributed by atoms with Crippen LogP contribution in [0.3, 0.4) is 0 Å². The van der Waals surface area contributed by atoms with E-state index < -0.39 is 5.92 Å². The Labute approximate surface area is 184 Å². The number of allylic oxidation sites excluding steroid dienone is 3. The molecule has 0 saturated heterocycles. The molecule has 30 heavy (non-hydrogen) atoms. The van der Waals surface area contributed by atoms with Gasteiger partial charge in [0.2, 0.25) is 5.88 Å². The molecule has 2 N–H and O–H groups in total. The number of nitrogens with zero attached hydrogens (tertiary/aromatic N) is 1. The minimum absolute atomic E-state index is 0.0298. The van der Waals surface area contributed by atoms with Gasteiger partial charge in [0.05, 0.1) is 5.92 Å². The summed E-state index contributed by atoms with van der Waals surface area (Å²) in [6.45, 7) is 4.34. The Hall–Kier alpha value is -2.75. The quantitative estimate of drug-likeness (QED) is 0.686. The summed E-state index contributed by atoms with van der Waals surface area (Å²) in [5.74, 6) is 1.03. The van der Waals surface area contributed by atoms with Gasteiger partial charge in [0.25, 0.3) is 0 Å². The fourth-order valence-electron chi connectivity index (χ4n) is 3.90. The smallest absolute Gasteiger partial charge is 0.205 e. The van der Waals surface area contributed by atoms with Crippen LogP contribution in [0.2, 0.25) is 5.02 Å². The number of aryl methyl sites for hydroxylation is 2. The average Bonchev–Trinajstić information content (AvgIpc) is 3.07. The number of ketones is 1. The van der Waals surface area contributed by atoms with E-state index in [1.165, 1.54) is 0 Å². The molecule has 4 rings (SSSR count). The van der Waals surface area contributed by atoms with Gasteiger partial charge in [-0.2, -0.15) is 5.26 Å². The molecule has 154 valence electrons. The first-order valence-corrected chi connectivity index (χ1v) is 10.9. The second-order valence-electron chi connectivity index (χ2n) is 7.47. The highest BCUT2D eigenvalue weighted by atomic mass is 35.5. The van der Waals surface area contributed by atoms with Crippen molar-refractivity contribution < 1.29 is 14.3 Å². The molecule has 0 saturated carbocycles. The van der Waals surface area contributed by atoms with Gasteiger partial charge in [-0.25, -0.2) is 0 Å². The molecule has 0 spiro atoms. The molecule has 0 radical (unpaired) electrons. The number of carbonyl (C=O) groups excluding carboxylic acids is 1. The minimum Gasteiger partial charge on any atom is -0.489 e. The summed E-state index contributed by atoms with van der Waals surface area (Å²) in [7, 11) is 0. The van der Waals surface area contributed by atoms with Gasteiger partial charge in [0, 0.05) is 38.8 Å². The number of hydrogen-bond acceptors (Lipinski definition) is 6. The lowest BCUT2D eigenvalue weighted by atomic mass is 9.80. The predicted octanol–water partition coefficient (Wildman–Crippen LogP) is 5.41. The highest BCUT2D eigenvalue weighted by Gasteiger charge is 2.39. The van der Waals surface area contributed by atoms with E-state index in [-0.39, 0.29) is 11.7 Å². The van der Waals surface area contributed by atoms with E-state index in [4.69, 9.17) is 26.8 Å². The maximum atomic E-state index is 12.7. The van der Waals surface area contributed by atoms with Gasteiger partial charge >= 0.3 is 0 Å². The number of rotatable bonds is 4. The van der Waals surface area contributed by atoms with Crippen LogP contribution in [0.15, 0.2) is 47.1 Å². The fraction of sp³-hybridized carbons (Fsp3) is 0.304. The third-order valence-corrected chi connectivity index (χ3v) is 6.84. The van der Waals surface area contributed by atoms with Gasteiger partial charge in [-0.15, -0.1) is 11.3 Å². The highest BCUT2D eigenvalue weighted by molar-refractivity contribution is 7.12. The molecule has 1 atom stereocenters. The molecule has 1 aliphatic heterocycles. The molecule has 1 aromatic heterocycles. The largest absolute Gasteiger partial charge is 0.489 e. The number of hydrogen-bond donors (Lipinski definition) is 1. The van der Waals surface area contributed by atoms with Crippen LogP contribution in [-0.2, 0) is 16.1 Å². The monoisotopic (exact) mass is 440 g/mol. The Morgan fingerprint density at radius 2 is 2.13 bits per heavy atom. The fourth-order valence-corrected chi connectivity index (χ4v) is 5.29. The van der Waals surface area contributed by atoms with Crippen LogP contribution in [0.4, 0.5) is 0 Å². The maximum absolute atomic E-state index is 12.7. The second kappa shape index (κ2) is 8.17. The number of nitriles is 1. The van der Waals surface area contributed by atoms with Crippen molar-refractivity contribution >= 4 is 28.7 Å². The Morgan fingerprint density at radius 3 is 2.87 bits per heavy atom. The van der Waals surface area contributed by atoms with E-state index in [9.17, 15) is 10.1 Å². The number of carbonyl (C=O) groups is 1. The Bertz CT molecular complexity index is 1140. The summed E-state index contributed by atoms with van der Waals surface area (Å²) in [4.78, 5) is 14.7. The van der Waals surface area contributed by atoms with Crippen LogP contribution in [0.25, 0.3) is 0 Å². The van der Waals surface area contributed by atoms with Gasteiger partial charge in [-0.05, 0) is 50.1 Å². The molecule has 0 unspecified atom stereocenters. The van der Waals surface area contributed by atoms with E-state index in [1.54, 1.807) is 17.4 Å². The second-order valence-corrected chi connectivity index (χ2v) is 9.19. The lowest BCUT2D eigenvalue weighted by Gasteiger charge is -2.30. The van der Waals surface area contributed by atoms with Crippen molar-refractivity contribution in [3.05, 3.63) is 73.0 Å². The van der Waals surface area contributed by atoms with Gasteiger partial charge in [0.1, 0.15) is 29.8 Å². The normalized spacial score (nSPS) is 18.7. The van der Waals surface area contributed by atoms with Gasteiger partial charge in [-0.1, -0.05) is 11.6 Å². The topological polar surface area (TPSA) is 85.3 Å². The zero-order chi connectivity index (χ0) is 21.4. The van der Waals surface area contributed by atoms with E-state index >= 15 is 0 Å². The van der Waals surface area contributed by atoms with Crippen molar-refractivity contribution in [1.82, 2.24) is 0 Å². The summed E-state index contributed by atoms with van der Waals surface area (Å²) in [5, 5.41) is 10.4. The van der Waals surface area contributed by atoms with Crippen LogP contribution in [0, 0.1) is 25.2 Å². The summed E-state index contributed by atoms with van der Waals surface area (Å²) in [5.41, 5.74) is 8.89. The summed E-state index contributed by atoms with van der Waals surface area (Å²) < 4.78 is 11.6. The molecule has 0 bridgehead atoms. The van der Waals surface area contributed by atoms with E-state index in [0.717, 1.165) is 33.1 Å². The SMILES string of the molecule is Cc1cc(Cl)ccc1OCc1cc([C@H]2C(C#N)=C(N)OC3=C2C(=O)CCC3)sc1C. The molecular weight excluding hydrogens is 420 g/mol. The van der Waals surface area contributed by atoms with Crippen molar-refractivity contribution in [2.75, 3.05) is 0 Å². The van der Waals surface area contributed by atoms with Crippen LogP contribution >= 0.6 is 22.9 Å². The van der Waals surface area contributed by atoms with Crippen molar-refractivity contribution in [3.63, 3.8) is 0 Å². The molecule has 7 heteroatoms. The van der Waals surface area contributed by atoms with E-state index in [2.05, 4.69) is 6.07 Å². The van der Waals surface area contributed by atoms with E-state index in [1.807, 2.05) is 32.0 Å². The van der Waals surface area contributed by atoms with Gasteiger partial charge in [0.15, 0.2) is 5.78 Å². The van der Waals surface area contributed by atoms with E-state index in [0.29, 0.717) is 41.4 Å². The number of nitrogens with two attached hydrogens (primary N) is 1. The molecule has 1 aliphatic carbocycles. The van der Waals surface area contributed by atoms with Crippen LogP contribution in [0.1, 0.15) is 46.1 Å². The standard InChI is InChI=1S/C23H21ClN2O3S/c1-12-8-15(24)6-7-18(12)28-11-14-9-20(30-13(14)2)21-16(10-25)23(26)29-19-5-3-4-17(27)22(19)21/h6-9,21H,3-5,11,26H2,1-2H3/t21-/m1/s1. The molecular formula is C23H21ClN2O3S. The number of benzene rings is 1. The van der Waals surface area contributed by atoms with Crippen molar-refractivity contribution in [1.29, 1.82) is 5.26 Å². The minimum atomic E-state index is -0.471. The molecule has 2 aliphatic rings. The number of ether oxygens (including phenoxy) is 2. The Kier molecular flexibility index (Phi) is 5.59. The third kappa shape index (κ3) is 3.71. The molecule has 0 amide bonds. The molecule has 2 aromatic rings.